The number of hydrogen-bond acceptors (Lipinski definition) is 4. The van der Waals surface area contributed by atoms with Crippen molar-refractivity contribution >= 4 is 11.8 Å². The van der Waals surface area contributed by atoms with E-state index in [9.17, 15) is 10.2 Å². The second-order valence-electron chi connectivity index (χ2n) is 3.43. The predicted molar refractivity (Wildman–Crippen MR) is 67.8 cm³/mol. The molecule has 0 saturated heterocycles. The van der Waals surface area contributed by atoms with E-state index in [1.165, 1.54) is 0 Å². The standard InChI is InChI=1S/C11H15N3O2S/c1-2-17-9-5-3-4-8(6-9)11(16)10(15)7-13-14-12/h3-6,10-11,15-16H,2,7H2,1H3. The number of nitrogens with zero attached hydrogens (tertiary/aromatic N) is 3. The first kappa shape index (κ1) is 13.9. The van der Waals surface area contributed by atoms with Crippen LogP contribution in [0, 0.1) is 0 Å². The lowest BCUT2D eigenvalue weighted by Gasteiger charge is -2.16. The number of aliphatic hydroxyl groups excluding tert-OH is 2. The van der Waals surface area contributed by atoms with Crippen LogP contribution in [0.3, 0.4) is 0 Å². The van der Waals surface area contributed by atoms with Crippen LogP contribution in [0.5, 0.6) is 0 Å². The topological polar surface area (TPSA) is 89.2 Å². The zero-order valence-electron chi connectivity index (χ0n) is 9.52. The number of azide groups is 1. The normalized spacial score (nSPS) is 13.8. The molecule has 0 saturated carbocycles. The van der Waals surface area contributed by atoms with Gasteiger partial charge in [-0.1, -0.05) is 24.2 Å². The molecule has 2 atom stereocenters. The number of rotatable bonds is 6. The van der Waals surface area contributed by atoms with Crippen LogP contribution < -0.4 is 0 Å². The van der Waals surface area contributed by atoms with Gasteiger partial charge in [-0.25, -0.2) is 0 Å². The first-order chi connectivity index (χ1) is 8.19. The van der Waals surface area contributed by atoms with Gasteiger partial charge in [0.05, 0.1) is 12.6 Å². The van der Waals surface area contributed by atoms with E-state index in [-0.39, 0.29) is 6.54 Å². The molecule has 0 aromatic heterocycles. The highest BCUT2D eigenvalue weighted by molar-refractivity contribution is 7.99. The van der Waals surface area contributed by atoms with Gasteiger partial charge in [0, 0.05) is 9.81 Å². The van der Waals surface area contributed by atoms with Crippen molar-refractivity contribution in [1.82, 2.24) is 0 Å². The van der Waals surface area contributed by atoms with Crippen molar-refractivity contribution in [2.24, 2.45) is 5.11 Å². The molecule has 1 aromatic carbocycles. The Balaban J connectivity index is 2.76. The van der Waals surface area contributed by atoms with Crippen molar-refractivity contribution in [3.8, 4) is 0 Å². The Morgan fingerprint density at radius 1 is 1.47 bits per heavy atom. The summed E-state index contributed by atoms with van der Waals surface area (Å²) in [6.07, 6.45) is -2.11. The molecule has 6 heteroatoms. The van der Waals surface area contributed by atoms with Gasteiger partial charge >= 0.3 is 0 Å². The van der Waals surface area contributed by atoms with E-state index in [1.807, 2.05) is 25.1 Å². The molecule has 2 N–H and O–H groups in total. The van der Waals surface area contributed by atoms with Gasteiger partial charge in [0.1, 0.15) is 6.10 Å². The van der Waals surface area contributed by atoms with Crippen molar-refractivity contribution in [3.63, 3.8) is 0 Å². The maximum Gasteiger partial charge on any atom is 0.105 e. The van der Waals surface area contributed by atoms with Gasteiger partial charge in [-0.05, 0) is 29.0 Å². The van der Waals surface area contributed by atoms with Gasteiger partial charge in [-0.2, -0.15) is 0 Å². The van der Waals surface area contributed by atoms with Crippen molar-refractivity contribution in [1.29, 1.82) is 0 Å². The molecule has 0 aliphatic heterocycles. The minimum atomic E-state index is -1.08. The molecule has 0 radical (unpaired) electrons. The summed E-state index contributed by atoms with van der Waals surface area (Å²) in [4.78, 5) is 3.59. The lowest BCUT2D eigenvalue weighted by atomic mass is 10.0. The summed E-state index contributed by atoms with van der Waals surface area (Å²) in [6, 6.07) is 7.35. The molecule has 0 bridgehead atoms. The molecule has 0 fully saturated rings. The van der Waals surface area contributed by atoms with E-state index < -0.39 is 12.2 Å². The van der Waals surface area contributed by atoms with E-state index in [2.05, 4.69) is 10.0 Å². The number of hydrogen-bond donors (Lipinski definition) is 2. The van der Waals surface area contributed by atoms with E-state index >= 15 is 0 Å². The molecule has 0 heterocycles. The minimum Gasteiger partial charge on any atom is -0.390 e. The number of aliphatic hydroxyl groups is 2. The first-order valence-corrected chi connectivity index (χ1v) is 6.27. The fourth-order valence-corrected chi connectivity index (χ4v) is 2.12. The zero-order chi connectivity index (χ0) is 12.7. The van der Waals surface area contributed by atoms with E-state index in [4.69, 9.17) is 5.53 Å². The van der Waals surface area contributed by atoms with Gasteiger partial charge in [0.15, 0.2) is 0 Å². The minimum absolute atomic E-state index is 0.136. The summed E-state index contributed by atoms with van der Waals surface area (Å²) >= 11 is 1.66. The van der Waals surface area contributed by atoms with E-state index in [0.717, 1.165) is 10.6 Å². The third kappa shape index (κ3) is 4.28. The Hall–Kier alpha value is -1.20. The summed E-state index contributed by atoms with van der Waals surface area (Å²) < 4.78 is 0. The highest BCUT2D eigenvalue weighted by Crippen LogP contribution is 2.24. The van der Waals surface area contributed by atoms with Gasteiger partial charge in [0.2, 0.25) is 0 Å². The molecule has 92 valence electrons. The molecule has 1 rings (SSSR count). The third-order valence-corrected chi connectivity index (χ3v) is 3.08. The van der Waals surface area contributed by atoms with E-state index in [0.29, 0.717) is 5.56 Å². The summed E-state index contributed by atoms with van der Waals surface area (Å²) in [5.74, 6) is 0.945. The molecule has 0 aliphatic rings. The lowest BCUT2D eigenvalue weighted by Crippen LogP contribution is -2.21. The van der Waals surface area contributed by atoms with Crippen LogP contribution in [0.4, 0.5) is 0 Å². The SMILES string of the molecule is CCSc1cccc(C(O)C(O)CN=[N+]=[N-])c1. The molecular formula is C11H15N3O2S. The monoisotopic (exact) mass is 253 g/mol. The molecule has 0 aliphatic carbocycles. The highest BCUT2D eigenvalue weighted by Gasteiger charge is 2.17. The maximum atomic E-state index is 9.87. The fourth-order valence-electron chi connectivity index (χ4n) is 1.40. The average molecular weight is 253 g/mol. The smallest absolute Gasteiger partial charge is 0.105 e. The second-order valence-corrected chi connectivity index (χ2v) is 4.77. The van der Waals surface area contributed by atoms with Crippen molar-refractivity contribution in [2.45, 2.75) is 24.0 Å². The predicted octanol–water partition coefficient (Wildman–Crippen LogP) is 2.50. The number of thioether (sulfide) groups is 1. The summed E-state index contributed by atoms with van der Waals surface area (Å²) in [5, 5.41) is 22.7. The van der Waals surface area contributed by atoms with Crippen LogP contribution in [-0.4, -0.2) is 28.6 Å². The molecule has 0 spiro atoms. The van der Waals surface area contributed by atoms with Crippen molar-refractivity contribution in [2.75, 3.05) is 12.3 Å². The molecule has 1 aromatic rings. The number of benzene rings is 1. The van der Waals surface area contributed by atoms with Crippen LogP contribution in [0.1, 0.15) is 18.6 Å². The van der Waals surface area contributed by atoms with Crippen molar-refractivity contribution in [3.05, 3.63) is 40.3 Å². The summed E-state index contributed by atoms with van der Waals surface area (Å²) in [6.45, 7) is 1.91. The summed E-state index contributed by atoms with van der Waals surface area (Å²) in [7, 11) is 0. The van der Waals surface area contributed by atoms with Gasteiger partial charge in [-0.3, -0.25) is 0 Å². The fraction of sp³-hybridized carbons (Fsp3) is 0.455. The van der Waals surface area contributed by atoms with Gasteiger partial charge in [-0.15, -0.1) is 11.8 Å². The molecular weight excluding hydrogens is 238 g/mol. The van der Waals surface area contributed by atoms with E-state index in [1.54, 1.807) is 17.8 Å². The van der Waals surface area contributed by atoms with Gasteiger partial charge in [0.25, 0.3) is 0 Å². The Bertz CT molecular complexity index is 407. The average Bonchev–Trinajstić information content (AvgIpc) is 2.35. The zero-order valence-corrected chi connectivity index (χ0v) is 10.3. The van der Waals surface area contributed by atoms with Crippen LogP contribution in [0.25, 0.3) is 10.4 Å². The Labute approximate surface area is 104 Å². The Kier molecular flexibility index (Phi) is 5.86. The Morgan fingerprint density at radius 2 is 2.24 bits per heavy atom. The summed E-state index contributed by atoms with van der Waals surface area (Å²) in [5.41, 5.74) is 8.77. The van der Waals surface area contributed by atoms with Crippen LogP contribution in [0.2, 0.25) is 0 Å². The molecule has 5 nitrogen and oxygen atoms in total. The highest BCUT2D eigenvalue weighted by atomic mass is 32.2. The molecule has 0 amide bonds. The van der Waals surface area contributed by atoms with Crippen LogP contribution >= 0.6 is 11.8 Å². The third-order valence-electron chi connectivity index (χ3n) is 2.21. The lowest BCUT2D eigenvalue weighted by molar-refractivity contribution is 0.0243. The molecule has 17 heavy (non-hydrogen) atoms. The quantitative estimate of drug-likeness (QED) is 0.353. The molecule has 2 unspecified atom stereocenters. The van der Waals surface area contributed by atoms with Crippen molar-refractivity contribution < 1.29 is 10.2 Å². The van der Waals surface area contributed by atoms with Gasteiger partial charge < -0.3 is 10.2 Å². The maximum absolute atomic E-state index is 9.87. The second kappa shape index (κ2) is 7.19. The largest absolute Gasteiger partial charge is 0.390 e. The Morgan fingerprint density at radius 3 is 2.88 bits per heavy atom. The van der Waals surface area contributed by atoms with Crippen LogP contribution in [0.15, 0.2) is 34.3 Å². The first-order valence-electron chi connectivity index (χ1n) is 5.28. The van der Waals surface area contributed by atoms with Crippen LogP contribution in [-0.2, 0) is 0 Å².